The van der Waals surface area contributed by atoms with Crippen molar-refractivity contribution in [3.63, 3.8) is 0 Å². The van der Waals surface area contributed by atoms with Crippen LogP contribution in [-0.2, 0) is 63.5 Å². The maximum Gasteiger partial charge on any atom is 1.00 e. The first kappa shape index (κ1) is 121. The molecule has 728 valence electrons. The molecule has 0 saturated heterocycles. The summed E-state index contributed by atoms with van der Waals surface area (Å²) in [7, 11) is -21.9. The van der Waals surface area contributed by atoms with Gasteiger partial charge in [0.1, 0.15) is 57.5 Å². The minimum Gasteiger partial charge on any atom is -0.872 e. The van der Waals surface area contributed by atoms with Gasteiger partial charge in [0.2, 0.25) is 0 Å². The quantitative estimate of drug-likeness (QED) is 0.00997. The molecule has 8 N–H and O–H groups in total. The number of phenols is 4. The average Bonchev–Trinajstić information content (AvgIpc) is 0.725. The van der Waals surface area contributed by atoms with E-state index in [0.29, 0.717) is 25.7 Å². The molecule has 0 fully saturated rings. The Balaban J connectivity index is 0.00000817. The Morgan fingerprint density at radius 2 is 0.375 bits per heavy atom. The van der Waals surface area contributed by atoms with Gasteiger partial charge in [0.25, 0.3) is 40.5 Å². The molecule has 0 saturated carbocycles. The van der Waals surface area contributed by atoms with Gasteiger partial charge >= 0.3 is 118 Å². The van der Waals surface area contributed by atoms with Crippen LogP contribution in [0.5, 0.6) is 69.0 Å². The number of ether oxygens (including phenoxy) is 4. The van der Waals surface area contributed by atoms with Crippen molar-refractivity contribution in [3.8, 4) is 69.0 Å². The number of phenolic OH excluding ortho intramolecular Hbond substituents is 4. The smallest absolute Gasteiger partial charge is 0.872 e. The van der Waals surface area contributed by atoms with Gasteiger partial charge < -0.3 is 59.8 Å². The summed E-state index contributed by atoms with van der Waals surface area (Å²) in [5.41, 5.74) is -9.51. The second-order valence-corrected chi connectivity index (χ2v) is 41.7. The molecule has 0 radical (unpaired) electrons. The van der Waals surface area contributed by atoms with Crippen molar-refractivity contribution in [2.45, 2.75) is 331 Å². The predicted molar refractivity (Wildman–Crippen MR) is 510 cm³/mol. The maximum absolute atomic E-state index is 16.3. The first-order chi connectivity index (χ1) is 63.3. The zero-order valence-corrected chi connectivity index (χ0v) is 92.8. The van der Waals surface area contributed by atoms with E-state index in [4.69, 9.17) is 18.9 Å². The van der Waals surface area contributed by atoms with Crippen LogP contribution in [0.3, 0.4) is 0 Å². The second-order valence-electron chi connectivity index (χ2n) is 35.9. The van der Waals surface area contributed by atoms with Crippen molar-refractivity contribution in [2.24, 2.45) is 0 Å². The zero-order chi connectivity index (χ0) is 95.4. The number of benzene rings is 8. The van der Waals surface area contributed by atoms with Crippen molar-refractivity contribution in [1.82, 2.24) is 0 Å². The molecule has 9 rings (SSSR count). The van der Waals surface area contributed by atoms with E-state index in [-0.39, 0.29) is 190 Å². The number of hydrogen-bond acceptors (Lipinski definition) is 20. The first-order valence-electron chi connectivity index (χ1n) is 48.2. The van der Waals surface area contributed by atoms with Gasteiger partial charge in [-0.25, -0.2) is 0 Å². The first-order valence-corrected chi connectivity index (χ1v) is 54.6. The fourth-order valence-electron chi connectivity index (χ4n) is 18.3. The summed E-state index contributed by atoms with van der Waals surface area (Å²) in [6.07, 6.45) is 41.5. The van der Waals surface area contributed by atoms with Crippen LogP contribution >= 0.6 is 0 Å². The minimum absolute atomic E-state index is 0. The Morgan fingerprint density at radius 1 is 0.228 bits per heavy atom. The second kappa shape index (κ2) is 61.9. The van der Waals surface area contributed by atoms with Crippen LogP contribution in [0.25, 0.3) is 0 Å². The van der Waals surface area contributed by atoms with Crippen molar-refractivity contribution in [1.29, 1.82) is 0 Å². The number of hydrogen-bond donors (Lipinski definition) is 8. The molecule has 0 heterocycles. The molecule has 32 heteroatoms. The van der Waals surface area contributed by atoms with Crippen LogP contribution in [0.4, 0.5) is 0 Å². The molecule has 1 aliphatic rings. The molecule has 0 amide bonds. The molecule has 2 unspecified atom stereocenters. The predicted octanol–water partition coefficient (Wildman–Crippen LogP) is 10.6. The van der Waals surface area contributed by atoms with Gasteiger partial charge in [0.15, 0.2) is 0 Å². The van der Waals surface area contributed by atoms with Gasteiger partial charge in [0.05, 0.1) is 49.1 Å². The Bertz CT molecular complexity index is 4640. The molecular weight excluding hydrogens is 1850 g/mol. The third kappa shape index (κ3) is 38.3. The molecule has 24 nitrogen and oxygen atoms in total. The van der Waals surface area contributed by atoms with Gasteiger partial charge in [-0.2, -0.15) is 33.7 Å². The van der Waals surface area contributed by atoms with E-state index in [2.05, 4.69) is 27.7 Å². The molecule has 136 heavy (non-hydrogen) atoms. The zero-order valence-electron chi connectivity index (χ0n) is 81.5. The summed E-state index contributed by atoms with van der Waals surface area (Å²) < 4.78 is 180. The monoisotopic (exact) mass is 1990 g/mol. The molecule has 8 bridgehead atoms. The number of unbranched alkanes of at least 4 members (excludes halogenated alkanes) is 36. The molecule has 8 aromatic rings. The van der Waals surface area contributed by atoms with Gasteiger partial charge in [-0.15, -0.1) is 23.0 Å². The van der Waals surface area contributed by atoms with Crippen LogP contribution in [0, 0.1) is 0 Å². The van der Waals surface area contributed by atoms with Crippen LogP contribution in [0.1, 0.15) is 397 Å². The fourth-order valence-corrected chi connectivity index (χ4v) is 20.8. The molecule has 8 aromatic carbocycles. The Labute approximate surface area is 897 Å². The van der Waals surface area contributed by atoms with Crippen LogP contribution in [0.2, 0.25) is 0 Å². The normalized spacial score (nSPS) is 14.4. The summed E-state index contributed by atoms with van der Waals surface area (Å²) in [5, 5.41) is 119. The van der Waals surface area contributed by atoms with Gasteiger partial charge in [0, 0.05) is 45.9 Å². The van der Waals surface area contributed by atoms with E-state index >= 15 is 20.4 Å². The topological polar surface area (TPSA) is 428 Å². The molecule has 0 spiro atoms. The molecule has 0 aromatic heterocycles. The summed E-state index contributed by atoms with van der Waals surface area (Å²) in [6, 6.07) is 27.6. The third-order valence-electron chi connectivity index (χ3n) is 25.3. The van der Waals surface area contributed by atoms with E-state index in [1.165, 1.54) is 168 Å². The molecule has 0 aliphatic heterocycles. The van der Waals surface area contributed by atoms with Crippen LogP contribution in [-0.4, -0.2) is 98.7 Å². The summed E-state index contributed by atoms with van der Waals surface area (Å²) in [6.45, 7) is 9.63. The van der Waals surface area contributed by atoms with Crippen LogP contribution < -0.4 is 158 Å². The van der Waals surface area contributed by atoms with Crippen molar-refractivity contribution >= 4 is 40.5 Å². The van der Waals surface area contributed by atoms with E-state index in [1.807, 2.05) is 0 Å². The number of fused-ring (bicyclic) bond motifs is 8. The van der Waals surface area contributed by atoms with E-state index < -0.39 is 200 Å². The summed E-state index contributed by atoms with van der Waals surface area (Å²) in [4.78, 5) is 0. The standard InChI is InChI=1S/C104H144O24S4.4Na/c1-5-9-13-17-21-25-29-33-37-41-61-125-77-53-45-73(46-54-77)93-81-65-83(99(107)89(97(81)105)69-129(113,114)115)94(74-47-55-78(56-48-74)126-62-42-38-34-30-26-22-18-14-10-6-2)85-67-87(103(111)91(101(85)109)71-131(119,120)121)96(76-51-59-80(60-52-76)128-64-44-40-36-32-28-24-20-16-12-8-4)88-68-86(102(110)92(104(88)112)72-132(122,123)124)95(84-66-82(93)98(106)90(100(84)108)70-130(116,117)118)75-49-57-79(58-50-75)127-63-43-39-35-31-27-23-19-15-11-7-3;;;;/h45-60,65-68,93-96,105-112H,5-44,61-64,69-72H2,1-4H3,(H,113,114,115)(H,116,117,118)(H,119,120,121)(H,122,123,124);;;;/q;4*+1/p-4. The van der Waals surface area contributed by atoms with Crippen LogP contribution in [0.15, 0.2) is 121 Å². The number of rotatable bonds is 60. The Morgan fingerprint density at radius 3 is 0.551 bits per heavy atom. The molecule has 1 aliphatic carbocycles. The third-order valence-corrected chi connectivity index (χ3v) is 28.0. The number of aromatic hydroxyl groups is 4. The molecular formula is C104H140Na4O24S4. The van der Waals surface area contributed by atoms with Crippen molar-refractivity contribution < 1.29 is 230 Å². The van der Waals surface area contributed by atoms with E-state index in [9.17, 15) is 72.3 Å². The SMILES string of the molecule is CCCCCCCCCCCCOc1ccc(C2c3cc(c([O-])c(CS(=O)(=O)O)c3[O-])C(c3ccc(OCCCCCCCCCCCC)cc3)c3cc(c(O)c(CS(=O)(=O)O)c3O)C(c3ccc(OCCCCCCCCCCCC)cc3)c3cc(c(O)c(CS(=O)(=O)O)c3O)C(c3ccc(OCCCCCCCCCCCC)cc3)c3cc2c([O-])c(CS(=O)(=O)O)c3[O-])cc1.[Na+].[Na+].[Na+].[Na+]. The summed E-state index contributed by atoms with van der Waals surface area (Å²) >= 11 is 0. The van der Waals surface area contributed by atoms with Gasteiger partial charge in [-0.1, -0.05) is 320 Å². The Hall–Kier alpha value is -5.00. The molecule has 2 atom stereocenters. The average molecular weight is 1990 g/mol. The van der Waals surface area contributed by atoms with Crippen molar-refractivity contribution in [3.05, 3.63) is 210 Å². The van der Waals surface area contributed by atoms with Crippen molar-refractivity contribution in [2.75, 3.05) is 26.4 Å². The van der Waals surface area contributed by atoms with Gasteiger partial charge in [-0.05, 0) is 142 Å². The maximum atomic E-state index is 16.3. The largest absolute Gasteiger partial charge is 1.00 e. The Kier molecular flexibility index (Phi) is 55.3. The summed E-state index contributed by atoms with van der Waals surface area (Å²) in [5.74, 6) is -24.0. The van der Waals surface area contributed by atoms with E-state index in [1.54, 1.807) is 0 Å². The van der Waals surface area contributed by atoms with Gasteiger partial charge in [-0.3, -0.25) is 18.2 Å². The fraction of sp³-hybridized carbons (Fsp3) is 0.538. The van der Waals surface area contributed by atoms with E-state index in [0.717, 1.165) is 185 Å². The minimum atomic E-state index is -5.51.